The standard InChI is InChI=1S/C14H10ClN3O/c15-11-6-2-1-5-10(11)14(19)17-12-9-18-8-4-3-7-13(18)16-12/h1-9H,(H,17,19). The molecule has 0 radical (unpaired) electrons. The summed E-state index contributed by atoms with van der Waals surface area (Å²) in [5, 5.41) is 3.15. The monoisotopic (exact) mass is 271 g/mol. The number of amides is 1. The minimum atomic E-state index is -0.269. The molecule has 2 heterocycles. The summed E-state index contributed by atoms with van der Waals surface area (Å²) < 4.78 is 1.84. The molecule has 4 nitrogen and oxygen atoms in total. The van der Waals surface area contributed by atoms with Crippen LogP contribution in [0.15, 0.2) is 54.9 Å². The molecule has 3 rings (SSSR count). The number of pyridine rings is 1. The maximum atomic E-state index is 12.1. The Kier molecular flexibility index (Phi) is 2.93. The molecule has 2 aromatic heterocycles. The van der Waals surface area contributed by atoms with Gasteiger partial charge in [-0.25, -0.2) is 4.98 Å². The molecule has 0 saturated heterocycles. The molecule has 5 heteroatoms. The van der Waals surface area contributed by atoms with Crippen molar-refractivity contribution in [3.63, 3.8) is 0 Å². The van der Waals surface area contributed by atoms with Gasteiger partial charge in [-0.1, -0.05) is 29.8 Å². The summed E-state index contributed by atoms with van der Waals surface area (Å²) in [5.41, 5.74) is 1.21. The molecule has 94 valence electrons. The van der Waals surface area contributed by atoms with Crippen LogP contribution in [0.5, 0.6) is 0 Å². The lowest BCUT2D eigenvalue weighted by Crippen LogP contribution is -2.12. The predicted octanol–water partition coefficient (Wildman–Crippen LogP) is 3.24. The largest absolute Gasteiger partial charge is 0.305 e. The van der Waals surface area contributed by atoms with Crippen LogP contribution in [0.25, 0.3) is 5.65 Å². The van der Waals surface area contributed by atoms with Crippen molar-refractivity contribution in [1.82, 2.24) is 9.38 Å². The summed E-state index contributed by atoms with van der Waals surface area (Å²) in [6.07, 6.45) is 3.62. The van der Waals surface area contributed by atoms with Crippen molar-refractivity contribution in [2.24, 2.45) is 0 Å². The van der Waals surface area contributed by atoms with Gasteiger partial charge in [-0.05, 0) is 24.3 Å². The number of rotatable bonds is 2. The molecular formula is C14H10ClN3O. The second-order valence-corrected chi connectivity index (χ2v) is 4.43. The third-order valence-electron chi connectivity index (χ3n) is 2.72. The average Bonchev–Trinajstić information content (AvgIpc) is 2.81. The van der Waals surface area contributed by atoms with E-state index in [0.717, 1.165) is 5.65 Å². The molecule has 0 saturated carbocycles. The third-order valence-corrected chi connectivity index (χ3v) is 3.05. The molecule has 3 aromatic rings. The van der Waals surface area contributed by atoms with Gasteiger partial charge in [-0.2, -0.15) is 0 Å². The van der Waals surface area contributed by atoms with Crippen molar-refractivity contribution in [2.45, 2.75) is 0 Å². The molecule has 0 aliphatic rings. The van der Waals surface area contributed by atoms with Gasteiger partial charge in [0.1, 0.15) is 5.65 Å². The highest BCUT2D eigenvalue weighted by Crippen LogP contribution is 2.17. The van der Waals surface area contributed by atoms with Gasteiger partial charge in [0.15, 0.2) is 5.82 Å². The number of halogens is 1. The topological polar surface area (TPSA) is 46.4 Å². The minimum absolute atomic E-state index is 0.269. The lowest BCUT2D eigenvalue weighted by Gasteiger charge is -2.03. The Balaban J connectivity index is 1.89. The van der Waals surface area contributed by atoms with Gasteiger partial charge >= 0.3 is 0 Å². The van der Waals surface area contributed by atoms with Crippen molar-refractivity contribution in [1.29, 1.82) is 0 Å². The number of nitrogens with zero attached hydrogens (tertiary/aromatic N) is 2. The summed E-state index contributed by atoms with van der Waals surface area (Å²) in [5.74, 6) is 0.227. The summed E-state index contributed by atoms with van der Waals surface area (Å²) in [4.78, 5) is 16.4. The summed E-state index contributed by atoms with van der Waals surface area (Å²) in [7, 11) is 0. The molecule has 0 spiro atoms. The Labute approximate surface area is 114 Å². The van der Waals surface area contributed by atoms with Crippen LogP contribution in [0.4, 0.5) is 5.82 Å². The fraction of sp³-hybridized carbons (Fsp3) is 0. The zero-order chi connectivity index (χ0) is 13.2. The minimum Gasteiger partial charge on any atom is -0.305 e. The van der Waals surface area contributed by atoms with Gasteiger partial charge in [0.05, 0.1) is 16.8 Å². The summed E-state index contributed by atoms with van der Waals surface area (Å²) in [6, 6.07) is 12.6. The zero-order valence-corrected chi connectivity index (χ0v) is 10.6. The number of carbonyl (C=O) groups is 1. The molecule has 1 N–H and O–H groups in total. The lowest BCUT2D eigenvalue weighted by atomic mass is 10.2. The number of aromatic nitrogens is 2. The average molecular weight is 272 g/mol. The van der Waals surface area contributed by atoms with Gasteiger partial charge in [-0.3, -0.25) is 4.79 Å². The quantitative estimate of drug-likeness (QED) is 0.778. The van der Waals surface area contributed by atoms with E-state index < -0.39 is 0 Å². The van der Waals surface area contributed by atoms with Gasteiger partial charge in [0, 0.05) is 6.20 Å². The van der Waals surface area contributed by atoms with Gasteiger partial charge in [0.25, 0.3) is 5.91 Å². The smallest absolute Gasteiger partial charge is 0.258 e. The van der Waals surface area contributed by atoms with E-state index in [1.54, 1.807) is 30.5 Å². The van der Waals surface area contributed by atoms with E-state index >= 15 is 0 Å². The molecule has 1 amide bonds. The van der Waals surface area contributed by atoms with Crippen molar-refractivity contribution >= 4 is 29.0 Å². The van der Waals surface area contributed by atoms with Crippen molar-refractivity contribution in [3.05, 3.63) is 65.4 Å². The van der Waals surface area contributed by atoms with Crippen LogP contribution < -0.4 is 5.32 Å². The Morgan fingerprint density at radius 2 is 1.95 bits per heavy atom. The molecule has 0 aliphatic heterocycles. The van der Waals surface area contributed by atoms with Crippen molar-refractivity contribution in [2.75, 3.05) is 5.32 Å². The maximum Gasteiger partial charge on any atom is 0.258 e. The van der Waals surface area contributed by atoms with E-state index in [0.29, 0.717) is 16.4 Å². The fourth-order valence-corrected chi connectivity index (χ4v) is 2.05. The number of nitrogens with one attached hydrogen (secondary N) is 1. The van der Waals surface area contributed by atoms with Gasteiger partial charge in [0.2, 0.25) is 0 Å². The van der Waals surface area contributed by atoms with Crippen LogP contribution in [0.1, 0.15) is 10.4 Å². The van der Waals surface area contributed by atoms with E-state index in [9.17, 15) is 4.79 Å². The van der Waals surface area contributed by atoms with E-state index in [1.165, 1.54) is 0 Å². The number of carbonyl (C=O) groups excluding carboxylic acids is 1. The third kappa shape index (κ3) is 2.30. The van der Waals surface area contributed by atoms with Crippen molar-refractivity contribution < 1.29 is 4.79 Å². The van der Waals surface area contributed by atoms with E-state index in [4.69, 9.17) is 11.6 Å². The van der Waals surface area contributed by atoms with Gasteiger partial charge < -0.3 is 9.72 Å². The molecule has 0 aliphatic carbocycles. The second-order valence-electron chi connectivity index (χ2n) is 4.03. The first-order chi connectivity index (χ1) is 9.24. The van der Waals surface area contributed by atoms with E-state index in [-0.39, 0.29) is 5.91 Å². The number of hydrogen-bond donors (Lipinski definition) is 1. The first kappa shape index (κ1) is 11.7. The normalized spacial score (nSPS) is 10.6. The molecule has 0 atom stereocenters. The van der Waals surface area contributed by atoms with Crippen molar-refractivity contribution in [3.8, 4) is 0 Å². The molecular weight excluding hydrogens is 262 g/mol. The molecule has 19 heavy (non-hydrogen) atoms. The highest BCUT2D eigenvalue weighted by Gasteiger charge is 2.11. The van der Waals surface area contributed by atoms with Crippen LogP contribution in [0.2, 0.25) is 5.02 Å². The number of anilines is 1. The number of hydrogen-bond acceptors (Lipinski definition) is 2. The molecule has 0 unspecified atom stereocenters. The first-order valence-electron chi connectivity index (χ1n) is 5.74. The summed E-state index contributed by atoms with van der Waals surface area (Å²) >= 11 is 5.98. The maximum absolute atomic E-state index is 12.1. The SMILES string of the molecule is O=C(Nc1cn2ccccc2n1)c1ccccc1Cl. The van der Waals surface area contributed by atoms with Gasteiger partial charge in [-0.15, -0.1) is 0 Å². The van der Waals surface area contributed by atoms with E-state index in [1.807, 2.05) is 28.8 Å². The fourth-order valence-electron chi connectivity index (χ4n) is 1.82. The van der Waals surface area contributed by atoms with Crippen LogP contribution in [0, 0.1) is 0 Å². The molecule has 0 bridgehead atoms. The first-order valence-corrected chi connectivity index (χ1v) is 6.11. The van der Waals surface area contributed by atoms with Crippen LogP contribution >= 0.6 is 11.6 Å². The van der Waals surface area contributed by atoms with E-state index in [2.05, 4.69) is 10.3 Å². The summed E-state index contributed by atoms with van der Waals surface area (Å²) in [6.45, 7) is 0. The molecule has 1 aromatic carbocycles. The highest BCUT2D eigenvalue weighted by molar-refractivity contribution is 6.34. The van der Waals surface area contributed by atoms with Crippen LogP contribution in [-0.2, 0) is 0 Å². The Bertz CT molecular complexity index is 718. The zero-order valence-electron chi connectivity index (χ0n) is 9.88. The number of benzene rings is 1. The molecule has 0 fully saturated rings. The van der Waals surface area contributed by atoms with Crippen LogP contribution in [0.3, 0.4) is 0 Å². The highest BCUT2D eigenvalue weighted by atomic mass is 35.5. The number of imidazole rings is 1. The predicted molar refractivity (Wildman–Crippen MR) is 74.6 cm³/mol. The Morgan fingerprint density at radius 3 is 2.74 bits per heavy atom. The Morgan fingerprint density at radius 1 is 1.16 bits per heavy atom. The Hall–Kier alpha value is -2.33. The number of fused-ring (bicyclic) bond motifs is 1. The lowest BCUT2D eigenvalue weighted by molar-refractivity contribution is 0.102. The van der Waals surface area contributed by atoms with Crippen LogP contribution in [-0.4, -0.2) is 15.3 Å². The second kappa shape index (κ2) is 4.74.